The number of para-hydroxylation sites is 1. The highest BCUT2D eigenvalue weighted by atomic mass is 16.6. The maximum absolute atomic E-state index is 10.7. The van der Waals surface area contributed by atoms with Gasteiger partial charge in [-0.05, 0) is 18.2 Å². The van der Waals surface area contributed by atoms with Crippen LogP contribution in [0.4, 0.5) is 5.69 Å². The molecule has 0 saturated carbocycles. The van der Waals surface area contributed by atoms with Crippen LogP contribution in [-0.2, 0) is 0 Å². The lowest BCUT2D eigenvalue weighted by atomic mass is 10.2. The van der Waals surface area contributed by atoms with E-state index in [0.717, 1.165) is 11.1 Å². The second-order valence-electron chi connectivity index (χ2n) is 3.91. The van der Waals surface area contributed by atoms with Gasteiger partial charge in [0.05, 0.1) is 16.1 Å². The molecule has 2 aromatic carbocycles. The Balaban J connectivity index is 2.14. The highest BCUT2D eigenvalue weighted by molar-refractivity contribution is 5.80. The van der Waals surface area contributed by atoms with Crippen molar-refractivity contribution in [1.82, 2.24) is 9.78 Å². The van der Waals surface area contributed by atoms with Crippen LogP contribution in [0.2, 0.25) is 0 Å². The maximum atomic E-state index is 10.7. The van der Waals surface area contributed by atoms with Crippen LogP contribution in [0, 0.1) is 10.1 Å². The van der Waals surface area contributed by atoms with Crippen LogP contribution in [-0.4, -0.2) is 14.7 Å². The van der Waals surface area contributed by atoms with E-state index in [-0.39, 0.29) is 5.69 Å². The number of benzene rings is 2. The van der Waals surface area contributed by atoms with Crippen molar-refractivity contribution in [3.05, 3.63) is 64.8 Å². The van der Waals surface area contributed by atoms with Crippen molar-refractivity contribution in [3.63, 3.8) is 0 Å². The number of nitro groups is 1. The second kappa shape index (κ2) is 3.96. The SMILES string of the molecule is O=[N+]([O-])c1ccc2cn(-c3ccccc3)nc2c1. The number of nitrogens with zero attached hydrogens (tertiary/aromatic N) is 3. The number of rotatable bonds is 2. The summed E-state index contributed by atoms with van der Waals surface area (Å²) in [5, 5.41) is 15.9. The molecule has 18 heavy (non-hydrogen) atoms. The Labute approximate surface area is 102 Å². The van der Waals surface area contributed by atoms with Crippen LogP contribution in [0.3, 0.4) is 0 Å². The molecule has 3 rings (SSSR count). The zero-order chi connectivity index (χ0) is 12.5. The fourth-order valence-corrected chi connectivity index (χ4v) is 1.83. The predicted octanol–water partition coefficient (Wildman–Crippen LogP) is 2.93. The highest BCUT2D eigenvalue weighted by Crippen LogP contribution is 2.20. The molecular weight excluding hydrogens is 230 g/mol. The summed E-state index contributed by atoms with van der Waals surface area (Å²) in [7, 11) is 0. The van der Waals surface area contributed by atoms with Crippen molar-refractivity contribution in [3.8, 4) is 5.69 Å². The lowest BCUT2D eigenvalue weighted by Crippen LogP contribution is -1.92. The number of nitro benzene ring substituents is 1. The largest absolute Gasteiger partial charge is 0.271 e. The summed E-state index contributed by atoms with van der Waals surface area (Å²) >= 11 is 0. The van der Waals surface area contributed by atoms with Gasteiger partial charge < -0.3 is 0 Å². The fraction of sp³-hybridized carbons (Fsp3) is 0. The molecule has 0 bridgehead atoms. The average Bonchev–Trinajstić information content (AvgIpc) is 2.82. The molecular formula is C13H9N3O2. The number of hydrogen-bond donors (Lipinski definition) is 0. The van der Waals surface area contributed by atoms with Gasteiger partial charge >= 0.3 is 0 Å². The summed E-state index contributed by atoms with van der Waals surface area (Å²) in [6.07, 6.45) is 1.86. The number of aromatic nitrogens is 2. The summed E-state index contributed by atoms with van der Waals surface area (Å²) in [4.78, 5) is 10.3. The Bertz CT molecular complexity index is 719. The molecule has 88 valence electrons. The smallest absolute Gasteiger partial charge is 0.258 e. The molecule has 5 nitrogen and oxygen atoms in total. The molecule has 0 unspecified atom stereocenters. The van der Waals surface area contributed by atoms with Crippen molar-refractivity contribution >= 4 is 16.6 Å². The van der Waals surface area contributed by atoms with Gasteiger partial charge in [0.25, 0.3) is 5.69 Å². The predicted molar refractivity (Wildman–Crippen MR) is 67.7 cm³/mol. The van der Waals surface area contributed by atoms with Crippen molar-refractivity contribution in [1.29, 1.82) is 0 Å². The molecule has 0 fully saturated rings. The molecule has 0 radical (unpaired) electrons. The summed E-state index contributed by atoms with van der Waals surface area (Å²) in [5.41, 5.74) is 1.60. The lowest BCUT2D eigenvalue weighted by molar-refractivity contribution is -0.384. The van der Waals surface area contributed by atoms with E-state index in [0.29, 0.717) is 5.52 Å². The third-order valence-corrected chi connectivity index (χ3v) is 2.72. The molecule has 0 aliphatic rings. The number of non-ortho nitro benzene ring substituents is 1. The Kier molecular flexibility index (Phi) is 2.30. The van der Waals surface area contributed by atoms with Crippen LogP contribution < -0.4 is 0 Å². The molecule has 3 aromatic rings. The maximum Gasteiger partial charge on any atom is 0.271 e. The Morgan fingerprint density at radius 2 is 1.89 bits per heavy atom. The zero-order valence-corrected chi connectivity index (χ0v) is 9.35. The average molecular weight is 239 g/mol. The molecule has 0 aliphatic heterocycles. The molecule has 1 heterocycles. The minimum absolute atomic E-state index is 0.0563. The zero-order valence-electron chi connectivity index (χ0n) is 9.35. The van der Waals surface area contributed by atoms with E-state index in [2.05, 4.69) is 5.10 Å². The minimum atomic E-state index is -0.416. The van der Waals surface area contributed by atoms with Gasteiger partial charge in [-0.2, -0.15) is 5.10 Å². The molecule has 0 spiro atoms. The van der Waals surface area contributed by atoms with Crippen molar-refractivity contribution in [2.24, 2.45) is 0 Å². The van der Waals surface area contributed by atoms with Crippen LogP contribution in [0.15, 0.2) is 54.7 Å². The standard InChI is InChI=1S/C13H9N3O2/c17-16(18)12-7-6-10-9-15(14-13(10)8-12)11-4-2-1-3-5-11/h1-9H. The van der Waals surface area contributed by atoms with Gasteiger partial charge in [0, 0.05) is 23.7 Å². The van der Waals surface area contributed by atoms with E-state index in [1.807, 2.05) is 36.5 Å². The first-order chi connectivity index (χ1) is 8.74. The quantitative estimate of drug-likeness (QED) is 0.510. The lowest BCUT2D eigenvalue weighted by Gasteiger charge is -1.98. The second-order valence-corrected chi connectivity index (χ2v) is 3.91. The topological polar surface area (TPSA) is 61.0 Å². The van der Waals surface area contributed by atoms with Gasteiger partial charge in [0.1, 0.15) is 0 Å². The van der Waals surface area contributed by atoms with E-state index >= 15 is 0 Å². The van der Waals surface area contributed by atoms with Gasteiger partial charge in [-0.3, -0.25) is 10.1 Å². The van der Waals surface area contributed by atoms with Crippen molar-refractivity contribution < 1.29 is 4.92 Å². The summed E-state index contributed by atoms with van der Waals surface area (Å²) < 4.78 is 1.72. The number of fused-ring (bicyclic) bond motifs is 1. The van der Waals surface area contributed by atoms with E-state index < -0.39 is 4.92 Å². The number of hydrogen-bond acceptors (Lipinski definition) is 3. The summed E-state index contributed by atoms with van der Waals surface area (Å²) in [6.45, 7) is 0. The van der Waals surface area contributed by atoms with Gasteiger partial charge in [0.15, 0.2) is 0 Å². The molecule has 0 amide bonds. The normalized spacial score (nSPS) is 10.7. The van der Waals surface area contributed by atoms with Gasteiger partial charge in [-0.25, -0.2) is 4.68 Å². The molecule has 0 saturated heterocycles. The first-order valence-corrected chi connectivity index (χ1v) is 5.43. The monoisotopic (exact) mass is 239 g/mol. The van der Waals surface area contributed by atoms with Crippen molar-refractivity contribution in [2.45, 2.75) is 0 Å². The molecule has 0 atom stereocenters. The Hall–Kier alpha value is -2.69. The van der Waals surface area contributed by atoms with E-state index in [4.69, 9.17) is 0 Å². The van der Waals surface area contributed by atoms with E-state index in [1.165, 1.54) is 12.1 Å². The first-order valence-electron chi connectivity index (χ1n) is 5.43. The van der Waals surface area contributed by atoms with E-state index in [9.17, 15) is 10.1 Å². The minimum Gasteiger partial charge on any atom is -0.258 e. The fourth-order valence-electron chi connectivity index (χ4n) is 1.83. The third-order valence-electron chi connectivity index (χ3n) is 2.72. The van der Waals surface area contributed by atoms with Crippen LogP contribution in [0.25, 0.3) is 16.6 Å². The molecule has 0 N–H and O–H groups in total. The molecule has 0 aliphatic carbocycles. The van der Waals surface area contributed by atoms with Gasteiger partial charge in [-0.15, -0.1) is 0 Å². The van der Waals surface area contributed by atoms with Crippen LogP contribution >= 0.6 is 0 Å². The van der Waals surface area contributed by atoms with Gasteiger partial charge in [0.2, 0.25) is 0 Å². The Morgan fingerprint density at radius 3 is 2.61 bits per heavy atom. The van der Waals surface area contributed by atoms with Crippen LogP contribution in [0.1, 0.15) is 0 Å². The van der Waals surface area contributed by atoms with Crippen LogP contribution in [0.5, 0.6) is 0 Å². The summed E-state index contributed by atoms with van der Waals surface area (Å²) in [5.74, 6) is 0. The highest BCUT2D eigenvalue weighted by Gasteiger charge is 2.09. The molecule has 5 heteroatoms. The first kappa shape index (κ1) is 10.5. The van der Waals surface area contributed by atoms with Gasteiger partial charge in [-0.1, -0.05) is 18.2 Å². The van der Waals surface area contributed by atoms with E-state index in [1.54, 1.807) is 10.7 Å². The van der Waals surface area contributed by atoms with Crippen molar-refractivity contribution in [2.75, 3.05) is 0 Å². The Morgan fingerprint density at radius 1 is 1.11 bits per heavy atom. The molecule has 1 aromatic heterocycles. The third kappa shape index (κ3) is 1.71. The summed E-state index contributed by atoms with van der Waals surface area (Å²) in [6, 6.07) is 14.3.